The number of rotatable bonds is 28. The first kappa shape index (κ1) is 78.4. The maximum atomic E-state index is 5.89. The molecular weight excluding hydrogens is 1590 g/mol. The van der Waals surface area contributed by atoms with E-state index < -0.39 is 5.41 Å². The average molecular weight is 1670 g/mol. The van der Waals surface area contributed by atoms with E-state index in [1.165, 1.54) is 41.8 Å². The average Bonchev–Trinajstić information content (AvgIpc) is 1.49. The summed E-state index contributed by atoms with van der Waals surface area (Å²) in [5.41, 5.74) is 19.6. The summed E-state index contributed by atoms with van der Waals surface area (Å²) >= 11 is 7.42. The van der Waals surface area contributed by atoms with Crippen LogP contribution in [0, 0.1) is 0 Å². The zero-order chi connectivity index (χ0) is 83.2. The first-order chi connectivity index (χ1) is 59.3. The highest BCUT2D eigenvalue weighted by molar-refractivity contribution is 7.27. The molecule has 604 valence electrons. The number of benzene rings is 12. The van der Waals surface area contributed by atoms with Crippen LogP contribution in [0.4, 0.5) is 68.2 Å². The van der Waals surface area contributed by atoms with Crippen LogP contribution >= 0.6 is 45.3 Å². The molecule has 0 N–H and O–H groups in total. The number of methoxy groups -OCH3 is 12. The highest BCUT2D eigenvalue weighted by atomic mass is 32.1. The fourth-order valence-corrected chi connectivity index (χ4v) is 21.5. The molecule has 0 bridgehead atoms. The molecule has 0 radical (unpaired) electrons. The topological polar surface area (TPSA) is 124 Å². The lowest BCUT2D eigenvalue weighted by Crippen LogP contribution is -2.24. The minimum Gasteiger partial charge on any atom is -0.497 e. The van der Waals surface area contributed by atoms with Crippen LogP contribution in [-0.4, -0.2) is 85.3 Å². The molecule has 2 aliphatic rings. The molecule has 16 nitrogen and oxygen atoms in total. The van der Waals surface area contributed by atoms with Crippen LogP contribution in [0.25, 0.3) is 61.3 Å². The van der Waals surface area contributed by atoms with Gasteiger partial charge in [-0.1, -0.05) is 48.5 Å². The molecule has 16 aromatic rings. The van der Waals surface area contributed by atoms with Gasteiger partial charge < -0.3 is 76.4 Å². The van der Waals surface area contributed by atoms with Gasteiger partial charge >= 0.3 is 0 Å². The highest BCUT2D eigenvalue weighted by Crippen LogP contribution is 2.71. The molecule has 2 aliphatic carbocycles. The SMILES string of the molecule is COc1ccc(N(c2ccc(OC)cc2)c2ccc(-c3cc4c(s3)-c3sc(-c5ccc(N(c6ccc(OC)cc6)c6ccc(OC)cc6)cc5)cc3C43c4cc(-c5ccc(N(c6cc(OC)cc(OC)c6)c6cc(OC)cc(OC)c6)cc5)sc4-c4sc(-c5ccc(N(c6cc(OC)cc(OC)c6)c6cc(OC)cc(OC)c6)cc5)cc43)cc2)cc1. The van der Waals surface area contributed by atoms with E-state index in [1.54, 1.807) is 85.3 Å². The number of hydrogen-bond acceptors (Lipinski definition) is 20. The van der Waals surface area contributed by atoms with Crippen LogP contribution in [0.15, 0.2) is 291 Å². The molecule has 0 aliphatic heterocycles. The second-order valence-electron chi connectivity index (χ2n) is 28.8. The molecule has 18 rings (SSSR count). The minimum atomic E-state index is -0.775. The van der Waals surface area contributed by atoms with Crippen LogP contribution in [0.1, 0.15) is 22.3 Å². The van der Waals surface area contributed by atoms with Crippen LogP contribution in [0.2, 0.25) is 0 Å². The van der Waals surface area contributed by atoms with Gasteiger partial charge in [0.15, 0.2) is 0 Å². The van der Waals surface area contributed by atoms with Gasteiger partial charge in [0, 0.05) is 138 Å². The van der Waals surface area contributed by atoms with E-state index in [9.17, 15) is 0 Å². The van der Waals surface area contributed by atoms with Gasteiger partial charge in [0.1, 0.15) is 69.0 Å². The fraction of sp³-hybridized carbons (Fsp3) is 0.129. The maximum Gasteiger partial charge on any atom is 0.124 e. The van der Waals surface area contributed by atoms with Gasteiger partial charge in [0.25, 0.3) is 0 Å². The predicted octanol–water partition coefficient (Wildman–Crippen LogP) is 26.9. The highest BCUT2D eigenvalue weighted by Gasteiger charge is 2.56. The second-order valence-corrected chi connectivity index (χ2v) is 33.0. The number of anilines is 12. The van der Waals surface area contributed by atoms with E-state index in [0.29, 0.717) is 46.0 Å². The minimum absolute atomic E-state index is 0.643. The predicted molar refractivity (Wildman–Crippen MR) is 493 cm³/mol. The Kier molecular flexibility index (Phi) is 21.5. The fourth-order valence-electron chi connectivity index (χ4n) is 16.3. The lowest BCUT2D eigenvalue weighted by molar-refractivity contribution is 0.393. The molecule has 121 heavy (non-hydrogen) atoms. The van der Waals surface area contributed by atoms with Crippen LogP contribution in [-0.2, 0) is 5.41 Å². The normalized spacial score (nSPS) is 11.9. The third kappa shape index (κ3) is 14.5. The summed E-state index contributed by atoms with van der Waals surface area (Å²) in [6, 6.07) is 102. The molecule has 0 amide bonds. The third-order valence-electron chi connectivity index (χ3n) is 22.3. The van der Waals surface area contributed by atoms with Crippen molar-refractivity contribution in [3.8, 4) is 130 Å². The van der Waals surface area contributed by atoms with Crippen LogP contribution in [0.3, 0.4) is 0 Å². The molecule has 0 fully saturated rings. The monoisotopic (exact) mass is 1670 g/mol. The number of ether oxygens (including phenoxy) is 12. The summed E-state index contributed by atoms with van der Waals surface area (Å²) in [5.74, 6) is 8.26. The second kappa shape index (κ2) is 33.2. The Balaban J connectivity index is 0.820. The van der Waals surface area contributed by atoms with Gasteiger partial charge in [-0.25, -0.2) is 0 Å². The summed E-state index contributed by atoms with van der Waals surface area (Å²) in [7, 11) is 20.1. The zero-order valence-corrected chi connectivity index (χ0v) is 71.8. The molecule has 4 heterocycles. The van der Waals surface area contributed by atoms with Crippen LogP contribution < -0.4 is 76.4 Å². The van der Waals surface area contributed by atoms with Gasteiger partial charge in [-0.15, -0.1) is 45.3 Å². The van der Waals surface area contributed by atoms with Crippen molar-refractivity contribution in [1.82, 2.24) is 0 Å². The number of fused-ring (bicyclic) bond motifs is 10. The first-order valence-corrected chi connectivity index (χ1v) is 42.2. The number of hydrogen-bond donors (Lipinski definition) is 0. The molecule has 20 heteroatoms. The molecule has 1 spiro atoms. The van der Waals surface area contributed by atoms with E-state index in [4.69, 9.17) is 56.8 Å². The number of nitrogens with zero attached hydrogens (tertiary/aromatic N) is 4. The third-order valence-corrected chi connectivity index (χ3v) is 27.4. The van der Waals surface area contributed by atoms with Crippen molar-refractivity contribution in [2.45, 2.75) is 5.41 Å². The Hall–Kier alpha value is -13.8. The Labute approximate surface area is 719 Å². The molecular formula is C101H84N4O12S4. The van der Waals surface area contributed by atoms with Crippen molar-refractivity contribution < 1.29 is 56.8 Å². The molecule has 0 saturated carbocycles. The summed E-state index contributed by atoms with van der Waals surface area (Å²) in [5, 5.41) is 0. The van der Waals surface area contributed by atoms with Crippen molar-refractivity contribution in [2.24, 2.45) is 0 Å². The van der Waals surface area contributed by atoms with Crippen molar-refractivity contribution in [1.29, 1.82) is 0 Å². The maximum absolute atomic E-state index is 5.89. The van der Waals surface area contributed by atoms with E-state index in [-0.39, 0.29) is 0 Å². The van der Waals surface area contributed by atoms with E-state index in [1.807, 2.05) is 167 Å². The van der Waals surface area contributed by atoms with Crippen molar-refractivity contribution >= 4 is 114 Å². The first-order valence-electron chi connectivity index (χ1n) is 39.0. The largest absolute Gasteiger partial charge is 0.497 e. The van der Waals surface area contributed by atoms with Gasteiger partial charge in [0.2, 0.25) is 0 Å². The lowest BCUT2D eigenvalue weighted by Gasteiger charge is -2.28. The molecule has 0 unspecified atom stereocenters. The van der Waals surface area contributed by atoms with E-state index >= 15 is 0 Å². The number of thiophene rings is 4. The molecule has 12 aromatic carbocycles. The van der Waals surface area contributed by atoms with Gasteiger partial charge in [-0.2, -0.15) is 0 Å². The molecule has 0 saturated heterocycles. The standard InChI is InChI=1S/C101H84N4O12S4/c1-106-77-37-29-69(30-38-77)102(70-31-39-78(107-2)40-32-70)65-21-13-61(14-22-65)93-57-89-97(118-93)98-90(58-94(119-98)62-15-23-66(24-16-62)103(71-33-41-79(108-3)42-34-71)72-35-43-80(109-4)44-36-72)101(89)91-59-95(63-17-25-67(26-18-63)104(73-45-81(110-5)53-82(46-73)111-6)74-47-83(112-7)54-84(48-74)113-8)120-99(91)100-92(101)60-96(121-100)64-19-27-68(28-20-64)105(75-49-85(114-9)55-86(50-75)115-10)76-51-87(116-11)56-88(52-76)117-12/h13-60H,1-12H3. The Morgan fingerprint density at radius 2 is 0.314 bits per heavy atom. The smallest absolute Gasteiger partial charge is 0.124 e. The van der Waals surface area contributed by atoms with Crippen molar-refractivity contribution in [3.05, 3.63) is 313 Å². The summed E-state index contributed by atoms with van der Waals surface area (Å²) < 4.78 is 69.7. The van der Waals surface area contributed by atoms with E-state index in [2.05, 4.69) is 189 Å². The summed E-state index contributed by atoms with van der Waals surface area (Å²) in [6.45, 7) is 0. The van der Waals surface area contributed by atoms with Crippen molar-refractivity contribution in [3.63, 3.8) is 0 Å². The van der Waals surface area contributed by atoms with Crippen molar-refractivity contribution in [2.75, 3.05) is 105 Å². The van der Waals surface area contributed by atoms with Crippen LogP contribution in [0.5, 0.6) is 69.0 Å². The molecule has 0 atom stereocenters. The Morgan fingerprint density at radius 3 is 0.471 bits per heavy atom. The summed E-state index contributed by atoms with van der Waals surface area (Å²) in [6.07, 6.45) is 0. The van der Waals surface area contributed by atoms with Gasteiger partial charge in [-0.3, -0.25) is 0 Å². The zero-order valence-electron chi connectivity index (χ0n) is 68.5. The van der Waals surface area contributed by atoms with Gasteiger partial charge in [0.05, 0.1) is 133 Å². The Morgan fingerprint density at radius 1 is 0.165 bits per heavy atom. The van der Waals surface area contributed by atoms with E-state index in [0.717, 1.165) is 133 Å². The van der Waals surface area contributed by atoms with Gasteiger partial charge in [-0.05, 0) is 214 Å². The summed E-state index contributed by atoms with van der Waals surface area (Å²) in [4.78, 5) is 18.4. The molecule has 4 aromatic heterocycles. The quantitative estimate of drug-likeness (QED) is 0.0462. The lowest BCUT2D eigenvalue weighted by atomic mass is 9.72. The Bertz CT molecular complexity index is 5760.